The van der Waals surface area contributed by atoms with Gasteiger partial charge in [-0.1, -0.05) is 18.2 Å². The Morgan fingerprint density at radius 3 is 2.50 bits per heavy atom. The zero-order valence-corrected chi connectivity index (χ0v) is 16.9. The van der Waals surface area contributed by atoms with Crippen molar-refractivity contribution in [2.24, 2.45) is 0 Å². The van der Waals surface area contributed by atoms with Gasteiger partial charge in [-0.25, -0.2) is 9.97 Å². The summed E-state index contributed by atoms with van der Waals surface area (Å²) in [6.07, 6.45) is 4.47. The first-order valence-corrected chi connectivity index (χ1v) is 10.1. The van der Waals surface area contributed by atoms with Crippen molar-refractivity contribution in [3.8, 4) is 0 Å². The quantitative estimate of drug-likeness (QED) is 0.794. The smallest absolute Gasteiger partial charge is 0.257 e. The normalized spacial score (nSPS) is 16.7. The van der Waals surface area contributed by atoms with E-state index in [9.17, 15) is 9.59 Å². The molecule has 0 bridgehead atoms. The van der Waals surface area contributed by atoms with Crippen molar-refractivity contribution in [1.29, 1.82) is 0 Å². The van der Waals surface area contributed by atoms with Crippen molar-refractivity contribution >= 4 is 11.8 Å². The molecule has 6 heteroatoms. The van der Waals surface area contributed by atoms with Crippen molar-refractivity contribution in [3.63, 3.8) is 0 Å². The van der Waals surface area contributed by atoms with Crippen LogP contribution in [0.3, 0.4) is 0 Å². The molecule has 2 heterocycles. The highest BCUT2D eigenvalue weighted by Gasteiger charge is 2.31. The van der Waals surface area contributed by atoms with E-state index in [0.717, 1.165) is 19.3 Å². The molecule has 1 aromatic heterocycles. The zero-order valence-electron chi connectivity index (χ0n) is 16.9. The van der Waals surface area contributed by atoms with Crippen LogP contribution in [0, 0.1) is 6.92 Å². The molecular weight excluding hydrogens is 352 g/mol. The van der Waals surface area contributed by atoms with Crippen molar-refractivity contribution in [1.82, 2.24) is 19.8 Å². The first kappa shape index (κ1) is 20.0. The van der Waals surface area contributed by atoms with E-state index in [0.29, 0.717) is 42.3 Å². The Bertz CT molecular complexity index is 834. The monoisotopic (exact) mass is 380 g/mol. The van der Waals surface area contributed by atoms with E-state index in [1.807, 2.05) is 56.0 Å². The van der Waals surface area contributed by atoms with Gasteiger partial charge in [0, 0.05) is 31.4 Å². The summed E-state index contributed by atoms with van der Waals surface area (Å²) in [4.78, 5) is 38.5. The van der Waals surface area contributed by atoms with Gasteiger partial charge in [-0.05, 0) is 52.2 Å². The number of aryl methyl sites for hydroxylation is 1. The molecule has 3 rings (SSSR count). The second-order valence-electron chi connectivity index (χ2n) is 7.08. The number of amides is 2. The molecule has 148 valence electrons. The maximum absolute atomic E-state index is 13.0. The minimum Gasteiger partial charge on any atom is -0.339 e. The predicted octanol–water partition coefficient (Wildman–Crippen LogP) is 3.63. The molecule has 1 atom stereocenters. The minimum atomic E-state index is -0.155. The average Bonchev–Trinajstić information content (AvgIpc) is 2.74. The summed E-state index contributed by atoms with van der Waals surface area (Å²) in [5, 5.41) is 0. The minimum absolute atomic E-state index is 0.00912. The van der Waals surface area contributed by atoms with Gasteiger partial charge in [0.25, 0.3) is 11.8 Å². The Morgan fingerprint density at radius 1 is 1.14 bits per heavy atom. The second-order valence-corrected chi connectivity index (χ2v) is 7.08. The fraction of sp³-hybridized carbons (Fsp3) is 0.455. The van der Waals surface area contributed by atoms with Crippen molar-refractivity contribution in [2.45, 2.75) is 46.1 Å². The van der Waals surface area contributed by atoms with Gasteiger partial charge < -0.3 is 9.80 Å². The summed E-state index contributed by atoms with van der Waals surface area (Å²) in [6.45, 7) is 7.76. The van der Waals surface area contributed by atoms with Gasteiger partial charge in [-0.3, -0.25) is 9.59 Å². The molecule has 0 spiro atoms. The molecule has 2 amide bonds. The highest BCUT2D eigenvalue weighted by molar-refractivity contribution is 5.95. The van der Waals surface area contributed by atoms with Crippen LogP contribution in [0.5, 0.6) is 0 Å². The molecule has 1 fully saturated rings. The number of carbonyl (C=O) groups is 2. The van der Waals surface area contributed by atoms with E-state index < -0.39 is 0 Å². The maximum atomic E-state index is 13.0. The zero-order chi connectivity index (χ0) is 20.1. The van der Waals surface area contributed by atoms with Gasteiger partial charge in [0.05, 0.1) is 17.3 Å². The van der Waals surface area contributed by atoms with Crippen LogP contribution >= 0.6 is 0 Å². The van der Waals surface area contributed by atoms with Crippen LogP contribution in [0.4, 0.5) is 0 Å². The first-order valence-electron chi connectivity index (χ1n) is 10.1. The molecule has 0 N–H and O–H groups in total. The number of carbonyl (C=O) groups excluding carboxylic acids is 2. The number of hydrogen-bond acceptors (Lipinski definition) is 4. The van der Waals surface area contributed by atoms with Crippen LogP contribution in [0.25, 0.3) is 0 Å². The number of piperidine rings is 1. The summed E-state index contributed by atoms with van der Waals surface area (Å²) in [6, 6.07) is 9.18. The van der Waals surface area contributed by atoms with Crippen molar-refractivity contribution in [2.75, 3.05) is 19.6 Å². The molecule has 1 saturated heterocycles. The van der Waals surface area contributed by atoms with E-state index >= 15 is 0 Å². The number of hydrogen-bond donors (Lipinski definition) is 0. The highest BCUT2D eigenvalue weighted by Crippen LogP contribution is 2.30. The number of nitrogens with zero attached hydrogens (tertiary/aromatic N) is 4. The van der Waals surface area contributed by atoms with Gasteiger partial charge >= 0.3 is 0 Å². The Labute approximate surface area is 166 Å². The Balaban J connectivity index is 1.87. The molecule has 1 aliphatic heterocycles. The van der Waals surface area contributed by atoms with Crippen molar-refractivity contribution in [3.05, 3.63) is 59.2 Å². The predicted molar refractivity (Wildman–Crippen MR) is 108 cm³/mol. The van der Waals surface area contributed by atoms with Crippen LogP contribution in [-0.4, -0.2) is 51.2 Å². The number of benzene rings is 1. The third-order valence-corrected chi connectivity index (χ3v) is 5.36. The van der Waals surface area contributed by atoms with Crippen molar-refractivity contribution < 1.29 is 9.59 Å². The third kappa shape index (κ3) is 4.06. The largest absolute Gasteiger partial charge is 0.339 e. The lowest BCUT2D eigenvalue weighted by atomic mass is 9.99. The SMILES string of the molecule is CCN(CC)C(=O)c1cnc([C@H]2CCCCN2C(=O)c2ccccc2)nc1C. The summed E-state index contributed by atoms with van der Waals surface area (Å²) >= 11 is 0. The van der Waals surface area contributed by atoms with Crippen LogP contribution in [-0.2, 0) is 0 Å². The molecular formula is C22H28N4O2. The second kappa shape index (κ2) is 8.95. The molecule has 2 aromatic rings. The molecule has 0 saturated carbocycles. The van der Waals surface area contributed by atoms with E-state index in [1.54, 1.807) is 11.1 Å². The van der Waals surface area contributed by atoms with E-state index in [-0.39, 0.29) is 17.9 Å². The molecule has 0 radical (unpaired) electrons. The lowest BCUT2D eigenvalue weighted by Crippen LogP contribution is -2.39. The van der Waals surface area contributed by atoms with Crippen LogP contribution < -0.4 is 0 Å². The Hall–Kier alpha value is -2.76. The molecule has 1 aliphatic rings. The van der Waals surface area contributed by atoms with Crippen LogP contribution in [0.1, 0.15) is 71.4 Å². The topological polar surface area (TPSA) is 66.4 Å². The van der Waals surface area contributed by atoms with Gasteiger partial charge in [0.15, 0.2) is 5.82 Å². The number of rotatable bonds is 5. The molecule has 0 unspecified atom stereocenters. The Kier molecular flexibility index (Phi) is 6.39. The highest BCUT2D eigenvalue weighted by atomic mass is 16.2. The number of aromatic nitrogens is 2. The molecule has 0 aliphatic carbocycles. The summed E-state index contributed by atoms with van der Waals surface area (Å²) < 4.78 is 0. The lowest BCUT2D eigenvalue weighted by molar-refractivity contribution is 0.0598. The average molecular weight is 380 g/mol. The fourth-order valence-electron chi connectivity index (χ4n) is 3.73. The molecule has 28 heavy (non-hydrogen) atoms. The number of likely N-dealkylation sites (tertiary alicyclic amines) is 1. The van der Waals surface area contributed by atoms with E-state index in [4.69, 9.17) is 0 Å². The molecule has 1 aromatic carbocycles. The maximum Gasteiger partial charge on any atom is 0.257 e. The summed E-state index contributed by atoms with van der Waals surface area (Å²) in [7, 11) is 0. The van der Waals surface area contributed by atoms with E-state index in [2.05, 4.69) is 9.97 Å². The Morgan fingerprint density at radius 2 is 1.86 bits per heavy atom. The standard InChI is InChI=1S/C22H28N4O2/c1-4-25(5-2)22(28)18-15-23-20(24-16(18)3)19-13-9-10-14-26(19)21(27)17-11-7-6-8-12-17/h6-8,11-12,15,19H,4-5,9-10,13-14H2,1-3H3/t19-/m1/s1. The summed E-state index contributed by atoms with van der Waals surface area (Å²) in [5.74, 6) is 0.585. The van der Waals surface area contributed by atoms with Gasteiger partial charge in [-0.15, -0.1) is 0 Å². The van der Waals surface area contributed by atoms with E-state index in [1.165, 1.54) is 0 Å². The lowest BCUT2D eigenvalue weighted by Gasteiger charge is -2.35. The van der Waals surface area contributed by atoms with Gasteiger partial charge in [0.1, 0.15) is 0 Å². The first-order chi connectivity index (χ1) is 13.6. The fourth-order valence-corrected chi connectivity index (χ4v) is 3.73. The third-order valence-electron chi connectivity index (χ3n) is 5.36. The summed E-state index contributed by atoms with van der Waals surface area (Å²) in [5.41, 5.74) is 1.88. The van der Waals surface area contributed by atoms with Gasteiger partial charge in [0.2, 0.25) is 0 Å². The molecule has 6 nitrogen and oxygen atoms in total. The van der Waals surface area contributed by atoms with Gasteiger partial charge in [-0.2, -0.15) is 0 Å². The van der Waals surface area contributed by atoms with Crippen LogP contribution in [0.15, 0.2) is 36.5 Å². The van der Waals surface area contributed by atoms with Crippen LogP contribution in [0.2, 0.25) is 0 Å².